The fraction of sp³-hybridized carbons (Fsp3) is 0.857. The molecule has 0 saturated heterocycles. The van der Waals surface area contributed by atoms with Crippen molar-refractivity contribution in [3.05, 3.63) is 15.0 Å². The zero-order valence-corrected chi connectivity index (χ0v) is 24.1. The van der Waals surface area contributed by atoms with Crippen LogP contribution in [0.5, 0.6) is 0 Å². The molecule has 192 valence electrons. The molecular formula is C28H51BrN2OS. The van der Waals surface area contributed by atoms with E-state index in [9.17, 15) is 4.79 Å². The van der Waals surface area contributed by atoms with Crippen molar-refractivity contribution < 1.29 is 4.79 Å². The zero-order chi connectivity index (χ0) is 24.0. The van der Waals surface area contributed by atoms with Gasteiger partial charge in [0, 0.05) is 13.1 Å². The summed E-state index contributed by atoms with van der Waals surface area (Å²) in [7, 11) is 0. The molecule has 0 aliphatic heterocycles. The second-order valence-electron chi connectivity index (χ2n) is 9.63. The van der Waals surface area contributed by atoms with Gasteiger partial charge < -0.3 is 4.90 Å². The number of nitrogens with zero attached hydrogens (tertiary/aromatic N) is 2. The van der Waals surface area contributed by atoms with Crippen molar-refractivity contribution >= 4 is 33.2 Å². The Morgan fingerprint density at radius 2 is 1.06 bits per heavy atom. The van der Waals surface area contributed by atoms with Gasteiger partial charge >= 0.3 is 0 Å². The summed E-state index contributed by atoms with van der Waals surface area (Å²) >= 11 is 4.86. The number of thiazole rings is 1. The number of rotatable bonds is 23. The Bertz CT molecular complexity index is 554. The molecule has 0 N–H and O–H groups in total. The van der Waals surface area contributed by atoms with E-state index in [4.69, 9.17) is 0 Å². The number of hydrogen-bond donors (Lipinski definition) is 0. The summed E-state index contributed by atoms with van der Waals surface area (Å²) in [6.45, 7) is 6.33. The van der Waals surface area contributed by atoms with Crippen LogP contribution in [0.4, 0.5) is 0 Å². The third kappa shape index (κ3) is 16.8. The summed E-state index contributed by atoms with van der Waals surface area (Å²) in [6, 6.07) is 0. The molecule has 0 saturated carbocycles. The van der Waals surface area contributed by atoms with Crippen LogP contribution in [0.3, 0.4) is 0 Å². The number of amides is 1. The van der Waals surface area contributed by atoms with Crippen molar-refractivity contribution in [2.75, 3.05) is 13.1 Å². The van der Waals surface area contributed by atoms with Crippen molar-refractivity contribution in [1.29, 1.82) is 0 Å². The Morgan fingerprint density at radius 1 is 0.697 bits per heavy atom. The van der Waals surface area contributed by atoms with E-state index in [-0.39, 0.29) is 5.91 Å². The first-order chi connectivity index (χ1) is 16.2. The highest BCUT2D eigenvalue weighted by Gasteiger charge is 2.17. The fourth-order valence-electron chi connectivity index (χ4n) is 4.40. The first kappa shape index (κ1) is 30.6. The van der Waals surface area contributed by atoms with Gasteiger partial charge in [-0.3, -0.25) is 4.79 Å². The first-order valence-corrected chi connectivity index (χ1v) is 15.7. The van der Waals surface area contributed by atoms with Crippen LogP contribution in [-0.2, 0) is 0 Å². The third-order valence-corrected chi connectivity index (χ3v) is 8.00. The summed E-state index contributed by atoms with van der Waals surface area (Å²) in [4.78, 5) is 20.1. The van der Waals surface area contributed by atoms with Gasteiger partial charge in [0.25, 0.3) is 5.91 Å². The van der Waals surface area contributed by atoms with Gasteiger partial charge in [0.05, 0.1) is 6.20 Å². The largest absolute Gasteiger partial charge is 0.338 e. The van der Waals surface area contributed by atoms with E-state index in [1.54, 1.807) is 6.20 Å². The quantitative estimate of drug-likeness (QED) is 0.129. The molecule has 3 nitrogen and oxygen atoms in total. The molecule has 33 heavy (non-hydrogen) atoms. The molecular weight excluding hydrogens is 492 g/mol. The molecule has 1 heterocycles. The maximum absolute atomic E-state index is 13.0. The van der Waals surface area contributed by atoms with Gasteiger partial charge in [-0.05, 0) is 28.8 Å². The molecule has 1 aromatic rings. The predicted octanol–water partition coefficient (Wildman–Crippen LogP) is 10.2. The second-order valence-corrected chi connectivity index (χ2v) is 11.9. The van der Waals surface area contributed by atoms with Crippen LogP contribution >= 0.6 is 27.3 Å². The predicted molar refractivity (Wildman–Crippen MR) is 149 cm³/mol. The summed E-state index contributed by atoms with van der Waals surface area (Å²) in [5, 5.41) is 0. The monoisotopic (exact) mass is 542 g/mol. The highest BCUT2D eigenvalue weighted by Crippen LogP contribution is 2.21. The van der Waals surface area contributed by atoms with Gasteiger partial charge in [0.1, 0.15) is 4.88 Å². The minimum Gasteiger partial charge on any atom is -0.338 e. The highest BCUT2D eigenvalue weighted by molar-refractivity contribution is 9.11. The Balaban J connectivity index is 2.21. The van der Waals surface area contributed by atoms with Crippen LogP contribution in [0.1, 0.15) is 152 Å². The van der Waals surface area contributed by atoms with Crippen molar-refractivity contribution in [2.24, 2.45) is 0 Å². The smallest absolute Gasteiger partial charge is 0.265 e. The SMILES string of the molecule is CCCCCCCCCCCCN(CCCCCCCCCCCC)C(=O)c1cnc(Br)s1. The van der Waals surface area contributed by atoms with Gasteiger partial charge in [-0.1, -0.05) is 129 Å². The zero-order valence-electron chi connectivity index (χ0n) is 21.7. The van der Waals surface area contributed by atoms with E-state index in [1.807, 2.05) is 0 Å². The molecule has 0 radical (unpaired) electrons. The van der Waals surface area contributed by atoms with E-state index in [2.05, 4.69) is 39.7 Å². The molecule has 1 rings (SSSR count). The molecule has 1 amide bonds. The summed E-state index contributed by atoms with van der Waals surface area (Å²) in [5.74, 6) is 0.171. The molecule has 5 heteroatoms. The standard InChI is InChI=1S/C28H51BrN2OS/c1-3-5-7-9-11-13-15-17-19-21-23-31(27(32)26-25-30-28(29)33-26)24-22-20-18-16-14-12-10-8-6-4-2/h25H,3-24H2,1-2H3. The van der Waals surface area contributed by atoms with Gasteiger partial charge in [-0.15, -0.1) is 11.3 Å². The van der Waals surface area contributed by atoms with Crippen LogP contribution in [0.15, 0.2) is 10.1 Å². The summed E-state index contributed by atoms with van der Waals surface area (Å²) in [5.41, 5.74) is 0. The van der Waals surface area contributed by atoms with Gasteiger partial charge in [-0.25, -0.2) is 4.98 Å². The van der Waals surface area contributed by atoms with Crippen LogP contribution in [0, 0.1) is 0 Å². The summed E-state index contributed by atoms with van der Waals surface area (Å²) in [6.07, 6.45) is 28.3. The molecule has 0 spiro atoms. The number of carbonyl (C=O) groups excluding carboxylic acids is 1. The topological polar surface area (TPSA) is 33.2 Å². The number of carbonyl (C=O) groups is 1. The number of halogens is 1. The number of hydrogen-bond acceptors (Lipinski definition) is 3. The lowest BCUT2D eigenvalue weighted by molar-refractivity contribution is 0.0753. The van der Waals surface area contributed by atoms with Crippen LogP contribution in [0.25, 0.3) is 0 Å². The molecule has 0 aliphatic rings. The van der Waals surface area contributed by atoms with Gasteiger partial charge in [0.2, 0.25) is 0 Å². The summed E-state index contributed by atoms with van der Waals surface area (Å²) < 4.78 is 0.795. The molecule has 0 aromatic carbocycles. The molecule has 0 bridgehead atoms. The highest BCUT2D eigenvalue weighted by atomic mass is 79.9. The lowest BCUT2D eigenvalue weighted by Crippen LogP contribution is -2.32. The maximum atomic E-state index is 13.0. The van der Waals surface area contributed by atoms with Crippen LogP contribution in [0.2, 0.25) is 0 Å². The normalized spacial score (nSPS) is 11.2. The van der Waals surface area contributed by atoms with Crippen molar-refractivity contribution in [3.8, 4) is 0 Å². The lowest BCUT2D eigenvalue weighted by Gasteiger charge is -2.22. The molecule has 0 aliphatic carbocycles. The Kier molecular flexibility index (Phi) is 20.5. The molecule has 0 fully saturated rings. The first-order valence-electron chi connectivity index (χ1n) is 14.1. The third-order valence-electron chi connectivity index (χ3n) is 6.54. The van der Waals surface area contributed by atoms with Crippen molar-refractivity contribution in [3.63, 3.8) is 0 Å². The van der Waals surface area contributed by atoms with E-state index >= 15 is 0 Å². The van der Waals surface area contributed by atoms with Gasteiger partial charge in [-0.2, -0.15) is 0 Å². The van der Waals surface area contributed by atoms with E-state index in [0.29, 0.717) is 0 Å². The lowest BCUT2D eigenvalue weighted by atomic mass is 10.1. The van der Waals surface area contributed by atoms with Crippen molar-refractivity contribution in [1.82, 2.24) is 9.88 Å². The Morgan fingerprint density at radius 3 is 1.39 bits per heavy atom. The van der Waals surface area contributed by atoms with E-state index in [1.165, 1.54) is 127 Å². The van der Waals surface area contributed by atoms with Crippen LogP contribution < -0.4 is 0 Å². The average Bonchev–Trinajstić information content (AvgIpc) is 3.26. The molecule has 1 aromatic heterocycles. The fourth-order valence-corrected chi connectivity index (χ4v) is 5.64. The Labute approximate surface area is 217 Å². The van der Waals surface area contributed by atoms with Crippen LogP contribution in [-0.4, -0.2) is 28.9 Å². The van der Waals surface area contributed by atoms with E-state index in [0.717, 1.165) is 34.7 Å². The average molecular weight is 544 g/mol. The molecule has 0 atom stereocenters. The number of unbranched alkanes of at least 4 members (excludes halogenated alkanes) is 18. The molecule has 0 unspecified atom stereocenters. The Hall–Kier alpha value is -0.420. The maximum Gasteiger partial charge on any atom is 0.265 e. The number of aromatic nitrogens is 1. The minimum atomic E-state index is 0.171. The van der Waals surface area contributed by atoms with Gasteiger partial charge in [0.15, 0.2) is 3.92 Å². The van der Waals surface area contributed by atoms with Crippen molar-refractivity contribution in [2.45, 2.75) is 142 Å². The minimum absolute atomic E-state index is 0.171. The van der Waals surface area contributed by atoms with E-state index < -0.39 is 0 Å². The second kappa shape index (κ2) is 22.1.